The van der Waals surface area contributed by atoms with Gasteiger partial charge in [-0.2, -0.15) is 5.26 Å². The maximum Gasteiger partial charge on any atom is 0.161 e. The van der Waals surface area contributed by atoms with Crippen LogP contribution in [0.2, 0.25) is 0 Å². The van der Waals surface area contributed by atoms with Crippen LogP contribution < -0.4 is 9.47 Å². The Bertz CT molecular complexity index is 486. The van der Waals surface area contributed by atoms with Crippen molar-refractivity contribution in [1.82, 2.24) is 0 Å². The lowest BCUT2D eigenvalue weighted by Gasteiger charge is -2.40. The number of nitriles is 1. The average molecular weight is 231 g/mol. The van der Waals surface area contributed by atoms with Crippen LogP contribution in [0, 0.1) is 11.3 Å². The highest BCUT2D eigenvalue weighted by Crippen LogP contribution is 2.45. The van der Waals surface area contributed by atoms with Gasteiger partial charge in [0.15, 0.2) is 11.5 Å². The molecule has 4 nitrogen and oxygen atoms in total. The number of nitrogens with zero attached hydrogens (tertiary/aromatic N) is 1. The first-order valence-electron chi connectivity index (χ1n) is 5.73. The predicted molar refractivity (Wildman–Crippen MR) is 60.0 cm³/mol. The standard InChI is InChI=1S/C13H13NO3/c14-8-13(6-10(15)7-13)9-1-2-11-12(5-9)17-4-3-16-11/h1-2,5,10,15H,3-4,6-7H2. The van der Waals surface area contributed by atoms with Crippen molar-refractivity contribution in [3.8, 4) is 17.6 Å². The Morgan fingerprint density at radius 1 is 1.24 bits per heavy atom. The zero-order valence-corrected chi connectivity index (χ0v) is 9.35. The number of hydrogen-bond acceptors (Lipinski definition) is 4. The first-order chi connectivity index (χ1) is 8.23. The molecule has 1 saturated carbocycles. The average Bonchev–Trinajstić information content (AvgIpc) is 2.34. The number of rotatable bonds is 1. The molecule has 3 rings (SSSR count). The molecule has 0 atom stereocenters. The topological polar surface area (TPSA) is 62.5 Å². The SMILES string of the molecule is N#CC1(c2ccc3c(c2)OCCO3)CC(O)C1. The first kappa shape index (κ1) is 10.4. The predicted octanol–water partition coefficient (Wildman–Crippen LogP) is 1.37. The smallest absolute Gasteiger partial charge is 0.161 e. The van der Waals surface area contributed by atoms with Crippen molar-refractivity contribution < 1.29 is 14.6 Å². The molecule has 0 spiro atoms. The lowest BCUT2D eigenvalue weighted by Crippen LogP contribution is -2.43. The van der Waals surface area contributed by atoms with Crippen molar-refractivity contribution in [1.29, 1.82) is 5.26 Å². The van der Waals surface area contributed by atoms with Crippen LogP contribution in [-0.2, 0) is 5.41 Å². The molecule has 17 heavy (non-hydrogen) atoms. The molecule has 1 aliphatic carbocycles. The van der Waals surface area contributed by atoms with Gasteiger partial charge >= 0.3 is 0 Å². The fraction of sp³-hybridized carbons (Fsp3) is 0.462. The van der Waals surface area contributed by atoms with Crippen LogP contribution in [0.25, 0.3) is 0 Å². The molecule has 1 heterocycles. The van der Waals surface area contributed by atoms with Gasteiger partial charge in [-0.1, -0.05) is 6.07 Å². The second kappa shape index (κ2) is 3.64. The van der Waals surface area contributed by atoms with Gasteiger partial charge in [0.05, 0.1) is 17.6 Å². The summed E-state index contributed by atoms with van der Waals surface area (Å²) in [6.07, 6.45) is 0.648. The summed E-state index contributed by atoms with van der Waals surface area (Å²) >= 11 is 0. The molecule has 0 bridgehead atoms. The molecule has 1 fully saturated rings. The molecule has 88 valence electrons. The van der Waals surface area contributed by atoms with Crippen LogP contribution >= 0.6 is 0 Å². The van der Waals surface area contributed by atoms with Gasteiger partial charge in [-0.05, 0) is 30.5 Å². The Hall–Kier alpha value is -1.73. The summed E-state index contributed by atoms with van der Waals surface area (Å²) in [6.45, 7) is 1.10. The molecule has 0 radical (unpaired) electrons. The Balaban J connectivity index is 1.96. The van der Waals surface area contributed by atoms with Crippen molar-refractivity contribution in [2.24, 2.45) is 0 Å². The van der Waals surface area contributed by atoms with E-state index in [1.165, 1.54) is 0 Å². The summed E-state index contributed by atoms with van der Waals surface area (Å²) in [6, 6.07) is 7.91. The molecular formula is C13H13NO3. The van der Waals surface area contributed by atoms with Crippen LogP contribution in [-0.4, -0.2) is 24.4 Å². The molecule has 1 N–H and O–H groups in total. The lowest BCUT2D eigenvalue weighted by atomic mass is 9.64. The third-order valence-corrected chi connectivity index (χ3v) is 3.48. The first-order valence-corrected chi connectivity index (χ1v) is 5.73. The Morgan fingerprint density at radius 2 is 1.94 bits per heavy atom. The maximum absolute atomic E-state index is 9.41. The minimum Gasteiger partial charge on any atom is -0.486 e. The van der Waals surface area contributed by atoms with Crippen LogP contribution in [0.4, 0.5) is 0 Å². The minimum atomic E-state index is -0.546. The van der Waals surface area contributed by atoms with Gasteiger partial charge in [0.1, 0.15) is 13.2 Å². The third-order valence-electron chi connectivity index (χ3n) is 3.48. The highest BCUT2D eigenvalue weighted by atomic mass is 16.6. The zero-order chi connectivity index (χ0) is 11.9. The molecule has 2 aliphatic rings. The van der Waals surface area contributed by atoms with Crippen LogP contribution in [0.5, 0.6) is 11.5 Å². The largest absolute Gasteiger partial charge is 0.486 e. The van der Waals surface area contributed by atoms with Crippen LogP contribution in [0.3, 0.4) is 0 Å². The van der Waals surface area contributed by atoms with Gasteiger partial charge in [0.2, 0.25) is 0 Å². The van der Waals surface area contributed by atoms with E-state index < -0.39 is 5.41 Å². The summed E-state index contributed by atoms with van der Waals surface area (Å²) in [5.74, 6) is 1.43. The van der Waals surface area contributed by atoms with Crippen LogP contribution in [0.15, 0.2) is 18.2 Å². The monoisotopic (exact) mass is 231 g/mol. The molecular weight excluding hydrogens is 218 g/mol. The highest BCUT2D eigenvalue weighted by Gasteiger charge is 2.45. The third kappa shape index (κ3) is 1.55. The fourth-order valence-electron chi connectivity index (χ4n) is 2.48. The van der Waals surface area contributed by atoms with Crippen LogP contribution in [0.1, 0.15) is 18.4 Å². The van der Waals surface area contributed by atoms with E-state index in [0.29, 0.717) is 31.8 Å². The fourth-order valence-corrected chi connectivity index (χ4v) is 2.48. The lowest BCUT2D eigenvalue weighted by molar-refractivity contribution is 0.0445. The number of fused-ring (bicyclic) bond motifs is 1. The van der Waals surface area contributed by atoms with E-state index in [1.54, 1.807) is 0 Å². The highest BCUT2D eigenvalue weighted by molar-refractivity contribution is 5.48. The number of hydrogen-bond donors (Lipinski definition) is 1. The van der Waals surface area contributed by atoms with Crippen molar-refractivity contribution in [3.63, 3.8) is 0 Å². The quantitative estimate of drug-likeness (QED) is 0.793. The molecule has 0 saturated heterocycles. The van der Waals surface area contributed by atoms with E-state index in [-0.39, 0.29) is 6.10 Å². The Labute approximate surface area is 99.4 Å². The molecule has 4 heteroatoms. The summed E-state index contributed by atoms with van der Waals surface area (Å²) in [4.78, 5) is 0. The Kier molecular flexibility index (Phi) is 2.23. The molecule has 0 aromatic heterocycles. The van der Waals surface area contributed by atoms with E-state index in [0.717, 1.165) is 11.3 Å². The molecule has 0 amide bonds. The summed E-state index contributed by atoms with van der Waals surface area (Å²) in [5, 5.41) is 18.7. The number of aliphatic hydroxyl groups is 1. The minimum absolute atomic E-state index is 0.358. The molecule has 1 aromatic rings. The Morgan fingerprint density at radius 3 is 2.59 bits per heavy atom. The van der Waals surface area contributed by atoms with Crippen molar-refractivity contribution in [2.45, 2.75) is 24.4 Å². The van der Waals surface area contributed by atoms with Gasteiger partial charge in [0, 0.05) is 0 Å². The van der Waals surface area contributed by atoms with E-state index in [2.05, 4.69) is 6.07 Å². The number of benzene rings is 1. The van der Waals surface area contributed by atoms with Gasteiger partial charge in [-0.25, -0.2) is 0 Å². The summed E-state index contributed by atoms with van der Waals surface area (Å²) in [7, 11) is 0. The summed E-state index contributed by atoms with van der Waals surface area (Å²) < 4.78 is 10.9. The van der Waals surface area contributed by atoms with Gasteiger partial charge in [0.25, 0.3) is 0 Å². The van der Waals surface area contributed by atoms with E-state index in [1.807, 2.05) is 18.2 Å². The summed E-state index contributed by atoms with van der Waals surface area (Å²) in [5.41, 5.74) is 0.365. The zero-order valence-electron chi connectivity index (χ0n) is 9.35. The van der Waals surface area contributed by atoms with E-state index >= 15 is 0 Å². The number of aliphatic hydroxyl groups excluding tert-OH is 1. The van der Waals surface area contributed by atoms with Gasteiger partial charge in [-0.15, -0.1) is 0 Å². The van der Waals surface area contributed by atoms with Crippen molar-refractivity contribution >= 4 is 0 Å². The molecule has 1 aromatic carbocycles. The normalized spacial score (nSPS) is 30.2. The second-order valence-electron chi connectivity index (χ2n) is 4.61. The molecule has 0 unspecified atom stereocenters. The van der Waals surface area contributed by atoms with Crippen molar-refractivity contribution in [2.75, 3.05) is 13.2 Å². The van der Waals surface area contributed by atoms with E-state index in [4.69, 9.17) is 9.47 Å². The van der Waals surface area contributed by atoms with Gasteiger partial charge in [-0.3, -0.25) is 0 Å². The number of ether oxygens (including phenoxy) is 2. The van der Waals surface area contributed by atoms with Crippen molar-refractivity contribution in [3.05, 3.63) is 23.8 Å². The molecule has 1 aliphatic heterocycles. The van der Waals surface area contributed by atoms with Gasteiger partial charge < -0.3 is 14.6 Å². The van der Waals surface area contributed by atoms with E-state index in [9.17, 15) is 10.4 Å². The maximum atomic E-state index is 9.41. The second-order valence-corrected chi connectivity index (χ2v) is 4.61.